The molecule has 2 N–H and O–H groups in total. The molecule has 4 heteroatoms. The van der Waals surface area contributed by atoms with Crippen molar-refractivity contribution in [3.05, 3.63) is 47.2 Å². The Bertz CT molecular complexity index is 692. The first-order chi connectivity index (χ1) is 15.1. The zero-order chi connectivity index (χ0) is 22.3. The van der Waals surface area contributed by atoms with Gasteiger partial charge < -0.3 is 10.2 Å². The molecule has 31 heavy (non-hydrogen) atoms. The molecule has 0 radical (unpaired) electrons. The van der Waals surface area contributed by atoms with E-state index >= 15 is 0 Å². The molecule has 0 aliphatic heterocycles. The van der Waals surface area contributed by atoms with Crippen LogP contribution in [0.2, 0.25) is 0 Å². The minimum Gasteiger partial charge on any atom is -0.509 e. The molecule has 1 atom stereocenters. The van der Waals surface area contributed by atoms with Crippen LogP contribution < -0.4 is 0 Å². The number of unbranched alkanes of at least 4 members (excludes halogenated alkanes) is 11. The van der Waals surface area contributed by atoms with Crippen LogP contribution in [-0.4, -0.2) is 27.9 Å². The molecule has 0 amide bonds. The number of carbonyl (C=O) groups is 2. The minimum absolute atomic E-state index is 0.139. The molecule has 0 bridgehead atoms. The standard InChI is InChI=1S/C27H40O4/c28-23(26-24(29)20-21-25(30)27(26)31)19-15-10-8-6-4-2-1-3-5-7-9-12-16-22-17-13-11-14-18-22/h11,13-14,17-18,25,30-31H,1-10,12,15-16,19-21H2. The molecule has 0 heterocycles. The average molecular weight is 429 g/mol. The number of carbonyl (C=O) groups excluding carboxylic acids is 2. The Morgan fingerprint density at radius 3 is 1.90 bits per heavy atom. The van der Waals surface area contributed by atoms with E-state index in [2.05, 4.69) is 30.3 Å². The third kappa shape index (κ3) is 9.82. The first kappa shape index (κ1) is 25.3. The SMILES string of the molecule is O=C(CCCCCCCCCCCCCCc1ccccc1)C1=C(O)C(O)CCC1=O. The number of aliphatic hydroxyl groups is 2. The molecule has 0 aromatic heterocycles. The van der Waals surface area contributed by atoms with E-state index in [-0.39, 0.29) is 36.4 Å². The van der Waals surface area contributed by atoms with Crippen molar-refractivity contribution in [3.8, 4) is 0 Å². The molecule has 0 fully saturated rings. The summed E-state index contributed by atoms with van der Waals surface area (Å²) in [5.41, 5.74) is 1.29. The molecule has 1 unspecified atom stereocenters. The summed E-state index contributed by atoms with van der Waals surface area (Å²) in [6.45, 7) is 0. The highest BCUT2D eigenvalue weighted by atomic mass is 16.3. The van der Waals surface area contributed by atoms with Crippen LogP contribution in [0.3, 0.4) is 0 Å². The van der Waals surface area contributed by atoms with Gasteiger partial charge in [0, 0.05) is 12.8 Å². The molecule has 1 aliphatic rings. The van der Waals surface area contributed by atoms with E-state index in [1.807, 2.05) is 0 Å². The van der Waals surface area contributed by atoms with Gasteiger partial charge in [0.1, 0.15) is 17.4 Å². The minimum atomic E-state index is -1.06. The summed E-state index contributed by atoms with van der Waals surface area (Å²) in [6, 6.07) is 10.7. The second kappa shape index (κ2) is 15.0. The monoisotopic (exact) mass is 428 g/mol. The summed E-state index contributed by atoms with van der Waals surface area (Å²) in [5.74, 6) is -1.06. The van der Waals surface area contributed by atoms with Gasteiger partial charge in [-0.3, -0.25) is 9.59 Å². The third-order valence-electron chi connectivity index (χ3n) is 6.24. The quantitative estimate of drug-likeness (QED) is 0.236. The normalized spacial score (nSPS) is 16.7. The van der Waals surface area contributed by atoms with Gasteiger partial charge >= 0.3 is 0 Å². The molecular formula is C27H40O4. The van der Waals surface area contributed by atoms with Crippen molar-refractivity contribution in [2.45, 2.75) is 109 Å². The number of Topliss-reactive ketones (excluding diaryl/α,β-unsaturated/α-hetero) is 2. The molecule has 0 saturated heterocycles. The molecular weight excluding hydrogens is 388 g/mol. The topological polar surface area (TPSA) is 74.6 Å². The molecule has 172 valence electrons. The van der Waals surface area contributed by atoms with E-state index in [9.17, 15) is 19.8 Å². The summed E-state index contributed by atoms with van der Waals surface area (Å²) in [4.78, 5) is 24.0. The maximum atomic E-state index is 12.2. The maximum Gasteiger partial charge on any atom is 0.170 e. The second-order valence-corrected chi connectivity index (χ2v) is 8.89. The van der Waals surface area contributed by atoms with Crippen LogP contribution in [0.5, 0.6) is 0 Å². The number of allylic oxidation sites excluding steroid dienone is 1. The van der Waals surface area contributed by atoms with Gasteiger partial charge in [0.2, 0.25) is 0 Å². The van der Waals surface area contributed by atoms with E-state index < -0.39 is 11.9 Å². The lowest BCUT2D eigenvalue weighted by Gasteiger charge is -2.18. The molecule has 0 saturated carbocycles. The molecule has 1 aliphatic carbocycles. The van der Waals surface area contributed by atoms with Gasteiger partial charge in [0.15, 0.2) is 11.6 Å². The number of hydrogen-bond acceptors (Lipinski definition) is 4. The van der Waals surface area contributed by atoms with Crippen molar-refractivity contribution in [1.29, 1.82) is 0 Å². The van der Waals surface area contributed by atoms with Gasteiger partial charge in [-0.25, -0.2) is 0 Å². The second-order valence-electron chi connectivity index (χ2n) is 8.89. The highest BCUT2D eigenvalue weighted by molar-refractivity contribution is 6.21. The zero-order valence-corrected chi connectivity index (χ0v) is 19.0. The van der Waals surface area contributed by atoms with Crippen LogP contribution in [0.25, 0.3) is 0 Å². The van der Waals surface area contributed by atoms with Crippen LogP contribution in [0.1, 0.15) is 102 Å². The lowest BCUT2D eigenvalue weighted by molar-refractivity contribution is -0.123. The summed E-state index contributed by atoms with van der Waals surface area (Å²) in [5, 5.41) is 19.4. The number of aryl methyl sites for hydroxylation is 1. The largest absolute Gasteiger partial charge is 0.509 e. The van der Waals surface area contributed by atoms with Gasteiger partial charge in [0.05, 0.1) is 0 Å². The Morgan fingerprint density at radius 2 is 1.32 bits per heavy atom. The highest BCUT2D eigenvalue weighted by Gasteiger charge is 2.30. The number of benzene rings is 1. The summed E-state index contributed by atoms with van der Waals surface area (Å²) < 4.78 is 0. The maximum absolute atomic E-state index is 12.2. The predicted molar refractivity (Wildman–Crippen MR) is 125 cm³/mol. The molecule has 1 aromatic rings. The van der Waals surface area contributed by atoms with Crippen molar-refractivity contribution < 1.29 is 19.8 Å². The molecule has 0 spiro atoms. The van der Waals surface area contributed by atoms with Gasteiger partial charge in [-0.1, -0.05) is 94.5 Å². The predicted octanol–water partition coefficient (Wildman–Crippen LogP) is 6.41. The van der Waals surface area contributed by atoms with Crippen LogP contribution in [0.15, 0.2) is 41.7 Å². The summed E-state index contributed by atoms with van der Waals surface area (Å²) in [7, 11) is 0. The smallest absolute Gasteiger partial charge is 0.170 e. The van der Waals surface area contributed by atoms with Crippen LogP contribution >= 0.6 is 0 Å². The van der Waals surface area contributed by atoms with Crippen molar-refractivity contribution in [2.24, 2.45) is 0 Å². The lowest BCUT2D eigenvalue weighted by Crippen LogP contribution is -2.27. The average Bonchev–Trinajstić information content (AvgIpc) is 2.77. The fraction of sp³-hybridized carbons (Fsp3) is 0.630. The van der Waals surface area contributed by atoms with Crippen molar-refractivity contribution in [3.63, 3.8) is 0 Å². The van der Waals surface area contributed by atoms with Gasteiger partial charge in [-0.2, -0.15) is 0 Å². The van der Waals surface area contributed by atoms with Crippen molar-refractivity contribution >= 4 is 11.6 Å². The molecule has 4 nitrogen and oxygen atoms in total. The first-order valence-corrected chi connectivity index (χ1v) is 12.3. The van der Waals surface area contributed by atoms with Gasteiger partial charge in [-0.15, -0.1) is 0 Å². The van der Waals surface area contributed by atoms with Crippen LogP contribution in [0, 0.1) is 0 Å². The Kier molecular flexibility index (Phi) is 12.2. The first-order valence-electron chi connectivity index (χ1n) is 12.3. The lowest BCUT2D eigenvalue weighted by atomic mass is 9.89. The van der Waals surface area contributed by atoms with E-state index in [1.165, 1.54) is 69.8 Å². The Morgan fingerprint density at radius 1 is 0.806 bits per heavy atom. The number of rotatable bonds is 16. The zero-order valence-electron chi connectivity index (χ0n) is 19.0. The Hall–Kier alpha value is -1.94. The Balaban J connectivity index is 1.38. The third-order valence-corrected chi connectivity index (χ3v) is 6.24. The van der Waals surface area contributed by atoms with E-state index in [0.717, 1.165) is 19.3 Å². The summed E-state index contributed by atoms with van der Waals surface area (Å²) >= 11 is 0. The fourth-order valence-electron chi connectivity index (χ4n) is 4.29. The number of aliphatic hydroxyl groups excluding tert-OH is 2. The van der Waals surface area contributed by atoms with Gasteiger partial charge in [-0.05, 0) is 31.2 Å². The van der Waals surface area contributed by atoms with Crippen LogP contribution in [0.4, 0.5) is 0 Å². The van der Waals surface area contributed by atoms with Crippen LogP contribution in [-0.2, 0) is 16.0 Å². The fourth-order valence-corrected chi connectivity index (χ4v) is 4.29. The van der Waals surface area contributed by atoms with E-state index in [4.69, 9.17) is 0 Å². The van der Waals surface area contributed by atoms with Crippen molar-refractivity contribution in [1.82, 2.24) is 0 Å². The van der Waals surface area contributed by atoms with Crippen molar-refractivity contribution in [2.75, 3.05) is 0 Å². The van der Waals surface area contributed by atoms with E-state index in [0.29, 0.717) is 0 Å². The highest BCUT2D eigenvalue weighted by Crippen LogP contribution is 2.23. The number of hydrogen-bond donors (Lipinski definition) is 2. The Labute approximate surface area is 187 Å². The van der Waals surface area contributed by atoms with E-state index in [1.54, 1.807) is 0 Å². The molecule has 1 aromatic carbocycles. The molecule has 2 rings (SSSR count). The summed E-state index contributed by atoms with van der Waals surface area (Å²) in [6.07, 6.45) is 15.2. The number of ketones is 2. The van der Waals surface area contributed by atoms with Gasteiger partial charge in [0.25, 0.3) is 0 Å².